The highest BCUT2D eigenvalue weighted by atomic mass is 16.2. The number of carbonyl (C=O) groups is 2. The number of anilines is 2. The van der Waals surface area contributed by atoms with Crippen LogP contribution in [0.4, 0.5) is 16.2 Å². The second kappa shape index (κ2) is 10.3. The number of carbonyl (C=O) groups excluding carboxylic acids is 2. The van der Waals surface area contributed by atoms with Gasteiger partial charge in [-0.25, -0.2) is 4.79 Å². The fourth-order valence-electron chi connectivity index (χ4n) is 3.33. The summed E-state index contributed by atoms with van der Waals surface area (Å²) in [6, 6.07) is 25.9. The minimum atomic E-state index is -0.416. The van der Waals surface area contributed by atoms with Crippen molar-refractivity contribution in [3.05, 3.63) is 118 Å². The van der Waals surface area contributed by atoms with Crippen LogP contribution in [0.1, 0.15) is 21.6 Å². The molecule has 0 saturated heterocycles. The largest absolute Gasteiger partial charge is 0.347 e. The van der Waals surface area contributed by atoms with Gasteiger partial charge in [0.25, 0.3) is 11.5 Å². The van der Waals surface area contributed by atoms with Crippen molar-refractivity contribution < 1.29 is 9.59 Å². The lowest BCUT2D eigenvalue weighted by Gasteiger charge is -2.10. The van der Waals surface area contributed by atoms with E-state index in [1.54, 1.807) is 42.5 Å². The van der Waals surface area contributed by atoms with Gasteiger partial charge in [-0.2, -0.15) is 9.78 Å². The van der Waals surface area contributed by atoms with Gasteiger partial charge in [0.05, 0.1) is 5.69 Å². The Labute approximate surface area is 196 Å². The number of hydrogen-bond donors (Lipinski definition) is 3. The summed E-state index contributed by atoms with van der Waals surface area (Å²) < 4.78 is 1.19. The highest BCUT2D eigenvalue weighted by molar-refractivity contribution is 5.99. The molecule has 0 radical (unpaired) electrons. The van der Waals surface area contributed by atoms with Crippen LogP contribution in [-0.2, 0) is 6.54 Å². The van der Waals surface area contributed by atoms with Gasteiger partial charge in [0.1, 0.15) is 5.69 Å². The molecule has 8 nitrogen and oxygen atoms in total. The number of benzene rings is 3. The highest BCUT2D eigenvalue weighted by Gasteiger charge is 2.11. The van der Waals surface area contributed by atoms with E-state index >= 15 is 0 Å². The van der Waals surface area contributed by atoms with E-state index < -0.39 is 5.91 Å². The average molecular weight is 454 g/mol. The first-order valence-electron chi connectivity index (χ1n) is 10.7. The van der Waals surface area contributed by atoms with Gasteiger partial charge >= 0.3 is 6.03 Å². The van der Waals surface area contributed by atoms with Crippen LogP contribution >= 0.6 is 0 Å². The predicted molar refractivity (Wildman–Crippen MR) is 131 cm³/mol. The number of rotatable bonds is 6. The molecule has 1 heterocycles. The van der Waals surface area contributed by atoms with Gasteiger partial charge in [0.2, 0.25) is 0 Å². The number of nitrogens with one attached hydrogen (secondary N) is 3. The molecular weight excluding hydrogens is 430 g/mol. The van der Waals surface area contributed by atoms with E-state index in [4.69, 9.17) is 0 Å². The molecule has 0 aliphatic rings. The third-order valence-corrected chi connectivity index (χ3v) is 4.95. The Morgan fingerprint density at radius 1 is 0.824 bits per heavy atom. The van der Waals surface area contributed by atoms with E-state index in [2.05, 4.69) is 21.0 Å². The Morgan fingerprint density at radius 2 is 1.53 bits per heavy atom. The van der Waals surface area contributed by atoms with Crippen molar-refractivity contribution in [3.63, 3.8) is 0 Å². The predicted octanol–water partition coefficient (Wildman–Crippen LogP) is 4.11. The van der Waals surface area contributed by atoms with Crippen LogP contribution in [0.15, 0.2) is 95.8 Å². The molecule has 8 heteroatoms. The number of urea groups is 1. The lowest BCUT2D eigenvalue weighted by molar-refractivity contribution is 0.0944. The van der Waals surface area contributed by atoms with E-state index in [9.17, 15) is 14.4 Å². The number of aromatic nitrogens is 2. The molecule has 1 aromatic heterocycles. The number of aryl methyl sites for hydroxylation is 1. The molecule has 4 rings (SSSR count). The van der Waals surface area contributed by atoms with Crippen molar-refractivity contribution in [2.75, 3.05) is 10.6 Å². The molecule has 4 aromatic rings. The zero-order valence-electron chi connectivity index (χ0n) is 18.5. The summed E-state index contributed by atoms with van der Waals surface area (Å²) in [4.78, 5) is 37.1. The summed E-state index contributed by atoms with van der Waals surface area (Å²) in [5, 5.41) is 12.6. The number of hydrogen-bond acceptors (Lipinski definition) is 4. The molecule has 34 heavy (non-hydrogen) atoms. The maximum atomic E-state index is 12.6. The Balaban J connectivity index is 1.39. The first kappa shape index (κ1) is 22.5. The molecule has 0 bridgehead atoms. The van der Waals surface area contributed by atoms with E-state index in [-0.39, 0.29) is 23.8 Å². The van der Waals surface area contributed by atoms with Gasteiger partial charge in [0, 0.05) is 24.0 Å². The SMILES string of the molecule is Cc1cccc(NC(=O)Nc2cccc(CNC(=O)c3ccc(=O)n(-c4ccccc4)n3)c2)c1. The van der Waals surface area contributed by atoms with Crippen LogP contribution in [0, 0.1) is 6.92 Å². The van der Waals surface area contributed by atoms with Crippen LogP contribution in [0.3, 0.4) is 0 Å². The average Bonchev–Trinajstić information content (AvgIpc) is 2.83. The van der Waals surface area contributed by atoms with E-state index in [1.165, 1.54) is 16.8 Å². The molecule has 0 atom stereocenters. The Bertz CT molecular complexity index is 1380. The van der Waals surface area contributed by atoms with Crippen molar-refractivity contribution in [1.82, 2.24) is 15.1 Å². The molecule has 0 spiro atoms. The normalized spacial score (nSPS) is 10.4. The van der Waals surface area contributed by atoms with Crippen LogP contribution in [-0.4, -0.2) is 21.7 Å². The summed E-state index contributed by atoms with van der Waals surface area (Å²) in [5.74, 6) is -0.416. The standard InChI is InChI=1S/C26H23N5O3/c1-18-7-5-9-20(15-18)28-26(34)29-21-10-6-8-19(16-21)17-27-25(33)23-13-14-24(32)31(30-23)22-11-3-2-4-12-22/h2-16H,17H2,1H3,(H,27,33)(H2,28,29,34). The van der Waals surface area contributed by atoms with Crippen molar-refractivity contribution >= 4 is 23.3 Å². The maximum absolute atomic E-state index is 12.6. The maximum Gasteiger partial charge on any atom is 0.323 e. The van der Waals surface area contributed by atoms with Gasteiger partial charge in [-0.3, -0.25) is 9.59 Å². The molecular formula is C26H23N5O3. The molecule has 3 amide bonds. The number of nitrogens with zero attached hydrogens (tertiary/aromatic N) is 2. The first-order valence-corrected chi connectivity index (χ1v) is 10.7. The lowest BCUT2D eigenvalue weighted by atomic mass is 10.2. The zero-order valence-corrected chi connectivity index (χ0v) is 18.5. The minimum Gasteiger partial charge on any atom is -0.347 e. The van der Waals surface area contributed by atoms with E-state index in [0.29, 0.717) is 17.1 Å². The van der Waals surface area contributed by atoms with Gasteiger partial charge in [-0.15, -0.1) is 0 Å². The molecule has 3 aromatic carbocycles. The number of para-hydroxylation sites is 1. The second-order valence-corrected chi connectivity index (χ2v) is 7.64. The molecule has 0 aliphatic carbocycles. The Hall–Kier alpha value is -4.72. The molecule has 170 valence electrons. The summed E-state index contributed by atoms with van der Waals surface area (Å²) in [7, 11) is 0. The molecule has 3 N–H and O–H groups in total. The molecule has 0 unspecified atom stereocenters. The van der Waals surface area contributed by atoms with E-state index in [0.717, 1.165) is 11.1 Å². The minimum absolute atomic E-state index is 0.121. The topological polar surface area (TPSA) is 105 Å². The smallest absolute Gasteiger partial charge is 0.323 e. The Kier molecular flexibility index (Phi) is 6.78. The molecule has 0 saturated carbocycles. The fourth-order valence-corrected chi connectivity index (χ4v) is 3.33. The number of amides is 3. The summed E-state index contributed by atoms with van der Waals surface area (Å²) in [6.45, 7) is 2.17. The van der Waals surface area contributed by atoms with Crippen LogP contribution in [0.2, 0.25) is 0 Å². The van der Waals surface area contributed by atoms with Crippen molar-refractivity contribution in [2.24, 2.45) is 0 Å². The second-order valence-electron chi connectivity index (χ2n) is 7.64. The summed E-state index contributed by atoms with van der Waals surface area (Å²) >= 11 is 0. The van der Waals surface area contributed by atoms with Gasteiger partial charge in [-0.05, 0) is 60.5 Å². The monoisotopic (exact) mass is 453 g/mol. The van der Waals surface area contributed by atoms with Gasteiger partial charge in [-0.1, -0.05) is 42.5 Å². The third kappa shape index (κ3) is 5.74. The van der Waals surface area contributed by atoms with Crippen LogP contribution < -0.4 is 21.5 Å². The first-order chi connectivity index (χ1) is 16.5. The van der Waals surface area contributed by atoms with Crippen LogP contribution in [0.5, 0.6) is 0 Å². The molecule has 0 fully saturated rings. The zero-order chi connectivity index (χ0) is 23.9. The van der Waals surface area contributed by atoms with Crippen molar-refractivity contribution in [3.8, 4) is 5.69 Å². The quantitative estimate of drug-likeness (QED) is 0.408. The van der Waals surface area contributed by atoms with Gasteiger partial charge in [0.15, 0.2) is 0 Å². The van der Waals surface area contributed by atoms with Crippen molar-refractivity contribution in [2.45, 2.75) is 13.5 Å². The van der Waals surface area contributed by atoms with Crippen molar-refractivity contribution in [1.29, 1.82) is 0 Å². The highest BCUT2D eigenvalue weighted by Crippen LogP contribution is 2.13. The third-order valence-electron chi connectivity index (χ3n) is 4.95. The summed E-state index contributed by atoms with van der Waals surface area (Å²) in [5.41, 5.74) is 3.49. The lowest BCUT2D eigenvalue weighted by Crippen LogP contribution is -2.28. The fraction of sp³-hybridized carbons (Fsp3) is 0.0769. The van der Waals surface area contributed by atoms with Gasteiger partial charge < -0.3 is 16.0 Å². The summed E-state index contributed by atoms with van der Waals surface area (Å²) in [6.07, 6.45) is 0. The molecule has 0 aliphatic heterocycles. The van der Waals surface area contributed by atoms with E-state index in [1.807, 2.05) is 43.3 Å². The van der Waals surface area contributed by atoms with Crippen LogP contribution in [0.25, 0.3) is 5.69 Å². The Morgan fingerprint density at radius 3 is 2.26 bits per heavy atom.